The van der Waals surface area contributed by atoms with Gasteiger partial charge in [0, 0.05) is 25.3 Å². The molecule has 126 valence electrons. The van der Waals surface area contributed by atoms with E-state index in [1.54, 1.807) is 50.4 Å². The molecule has 0 heterocycles. The van der Waals surface area contributed by atoms with E-state index in [0.29, 0.717) is 16.9 Å². The number of hydrogen-bond donors (Lipinski definition) is 0. The number of carbonyl (C=O) groups is 2. The molecule has 0 aromatic heterocycles. The van der Waals surface area contributed by atoms with E-state index >= 15 is 0 Å². The van der Waals surface area contributed by atoms with Crippen LogP contribution in [-0.4, -0.2) is 39.1 Å². The minimum absolute atomic E-state index is 0.254. The van der Waals surface area contributed by atoms with Crippen molar-refractivity contribution >= 4 is 17.4 Å². The molecule has 2 aromatic rings. The molecule has 0 spiro atoms. The van der Waals surface area contributed by atoms with Gasteiger partial charge in [-0.05, 0) is 55.5 Å². The predicted molar refractivity (Wildman–Crippen MR) is 93.0 cm³/mol. The van der Waals surface area contributed by atoms with Crippen LogP contribution in [-0.2, 0) is 4.74 Å². The van der Waals surface area contributed by atoms with Gasteiger partial charge in [-0.1, -0.05) is 0 Å². The third-order valence-electron chi connectivity index (χ3n) is 3.65. The summed E-state index contributed by atoms with van der Waals surface area (Å²) in [7, 11) is 5.40. The molecule has 0 aliphatic heterocycles. The molecule has 0 N–H and O–H groups in total. The summed E-state index contributed by atoms with van der Waals surface area (Å²) in [5.41, 5.74) is 1.86. The number of ketones is 1. The van der Waals surface area contributed by atoms with Gasteiger partial charge in [0.25, 0.3) is 0 Å². The number of carbonyl (C=O) groups excluding carboxylic acids is 2. The minimum Gasteiger partial charge on any atom is -0.497 e. The van der Waals surface area contributed by atoms with Crippen molar-refractivity contribution < 1.29 is 19.1 Å². The molecule has 2 aromatic carbocycles. The number of esters is 1. The first kappa shape index (κ1) is 17.5. The first-order valence-electron chi connectivity index (χ1n) is 7.59. The third-order valence-corrected chi connectivity index (χ3v) is 3.65. The molecule has 0 amide bonds. The number of Topliss-reactive ketones (excluding diaryl/α,β-unsaturated/α-hetero) is 1. The largest absolute Gasteiger partial charge is 0.497 e. The Kier molecular flexibility index (Phi) is 5.58. The normalized spacial score (nSPS) is 11.5. The fourth-order valence-electron chi connectivity index (χ4n) is 2.17. The van der Waals surface area contributed by atoms with Gasteiger partial charge in [0.1, 0.15) is 5.75 Å². The van der Waals surface area contributed by atoms with Gasteiger partial charge in [-0.2, -0.15) is 0 Å². The van der Waals surface area contributed by atoms with Crippen molar-refractivity contribution in [3.63, 3.8) is 0 Å². The maximum Gasteiger partial charge on any atom is 0.338 e. The lowest BCUT2D eigenvalue weighted by Gasteiger charge is -2.14. The maximum atomic E-state index is 12.3. The van der Waals surface area contributed by atoms with Crippen LogP contribution in [0.1, 0.15) is 27.6 Å². The number of hydrogen-bond acceptors (Lipinski definition) is 5. The minimum atomic E-state index is -0.862. The number of methoxy groups -OCH3 is 1. The van der Waals surface area contributed by atoms with Crippen LogP contribution in [0.2, 0.25) is 0 Å². The van der Waals surface area contributed by atoms with Gasteiger partial charge < -0.3 is 14.4 Å². The summed E-state index contributed by atoms with van der Waals surface area (Å²) in [6.45, 7) is 1.57. The van der Waals surface area contributed by atoms with E-state index in [4.69, 9.17) is 9.47 Å². The molecule has 0 radical (unpaired) electrons. The second-order valence-corrected chi connectivity index (χ2v) is 5.58. The quantitative estimate of drug-likeness (QED) is 0.602. The van der Waals surface area contributed by atoms with Gasteiger partial charge in [0.2, 0.25) is 5.78 Å². The Hall–Kier alpha value is -2.82. The van der Waals surface area contributed by atoms with E-state index in [1.807, 2.05) is 31.1 Å². The van der Waals surface area contributed by atoms with Crippen molar-refractivity contribution in [2.45, 2.75) is 13.0 Å². The Morgan fingerprint density at radius 3 is 1.96 bits per heavy atom. The first-order chi connectivity index (χ1) is 11.4. The summed E-state index contributed by atoms with van der Waals surface area (Å²) < 4.78 is 10.3. The summed E-state index contributed by atoms with van der Waals surface area (Å²) in [4.78, 5) is 26.4. The van der Waals surface area contributed by atoms with Crippen LogP contribution >= 0.6 is 0 Å². The van der Waals surface area contributed by atoms with E-state index in [1.165, 1.54) is 0 Å². The van der Waals surface area contributed by atoms with Gasteiger partial charge in [0.05, 0.1) is 12.7 Å². The average molecular weight is 327 g/mol. The second kappa shape index (κ2) is 7.64. The summed E-state index contributed by atoms with van der Waals surface area (Å²) in [5, 5.41) is 0. The van der Waals surface area contributed by atoms with Gasteiger partial charge in [-0.3, -0.25) is 4.79 Å². The molecule has 24 heavy (non-hydrogen) atoms. The van der Waals surface area contributed by atoms with Crippen molar-refractivity contribution in [1.82, 2.24) is 0 Å². The third kappa shape index (κ3) is 4.13. The van der Waals surface area contributed by atoms with Crippen LogP contribution in [0.5, 0.6) is 5.75 Å². The zero-order valence-corrected chi connectivity index (χ0v) is 14.3. The average Bonchev–Trinajstić information content (AvgIpc) is 2.61. The maximum absolute atomic E-state index is 12.3. The molecule has 0 saturated carbocycles. The van der Waals surface area contributed by atoms with Crippen LogP contribution in [0.15, 0.2) is 48.5 Å². The highest BCUT2D eigenvalue weighted by atomic mass is 16.5. The number of benzene rings is 2. The Balaban J connectivity index is 2.03. The van der Waals surface area contributed by atoms with Gasteiger partial charge in [0.15, 0.2) is 6.10 Å². The molecule has 0 aliphatic rings. The van der Waals surface area contributed by atoms with Gasteiger partial charge >= 0.3 is 5.97 Å². The van der Waals surface area contributed by atoms with Crippen LogP contribution in [0, 0.1) is 0 Å². The molecule has 0 fully saturated rings. The van der Waals surface area contributed by atoms with E-state index in [2.05, 4.69) is 0 Å². The van der Waals surface area contributed by atoms with Crippen LogP contribution in [0.4, 0.5) is 5.69 Å². The van der Waals surface area contributed by atoms with Crippen LogP contribution < -0.4 is 9.64 Å². The molecular weight excluding hydrogens is 306 g/mol. The monoisotopic (exact) mass is 327 g/mol. The van der Waals surface area contributed by atoms with E-state index in [-0.39, 0.29) is 5.78 Å². The molecule has 5 nitrogen and oxygen atoms in total. The standard InChI is InChI=1S/C19H21NO4/c1-13(18(21)14-7-11-17(23-4)12-8-14)24-19(22)15-5-9-16(10-6-15)20(2)3/h5-13H,1-4H3/t13-/m1/s1. The number of anilines is 1. The number of ether oxygens (including phenoxy) is 2. The highest BCUT2D eigenvalue weighted by Gasteiger charge is 2.20. The molecular formula is C19H21NO4. The Bertz CT molecular complexity index is 705. The van der Waals surface area contributed by atoms with E-state index in [0.717, 1.165) is 5.69 Å². The fraction of sp³-hybridized carbons (Fsp3) is 0.263. The summed E-state index contributed by atoms with van der Waals surface area (Å²) in [5.74, 6) is -0.109. The molecule has 0 unspecified atom stereocenters. The van der Waals surface area contributed by atoms with Crippen LogP contribution in [0.25, 0.3) is 0 Å². The highest BCUT2D eigenvalue weighted by molar-refractivity contribution is 6.01. The molecule has 0 saturated heterocycles. The van der Waals surface area contributed by atoms with E-state index < -0.39 is 12.1 Å². The summed E-state index contributed by atoms with van der Waals surface area (Å²) in [6, 6.07) is 13.7. The first-order valence-corrected chi connectivity index (χ1v) is 7.59. The molecule has 5 heteroatoms. The predicted octanol–water partition coefficient (Wildman–Crippen LogP) is 3.19. The highest BCUT2D eigenvalue weighted by Crippen LogP contribution is 2.16. The molecule has 2 rings (SSSR count). The zero-order chi connectivity index (χ0) is 17.7. The topological polar surface area (TPSA) is 55.8 Å². The zero-order valence-electron chi connectivity index (χ0n) is 14.3. The Morgan fingerprint density at radius 1 is 0.917 bits per heavy atom. The van der Waals surface area contributed by atoms with Crippen molar-refractivity contribution in [3.05, 3.63) is 59.7 Å². The van der Waals surface area contributed by atoms with Crippen molar-refractivity contribution in [2.75, 3.05) is 26.1 Å². The number of rotatable bonds is 6. The molecule has 1 atom stereocenters. The van der Waals surface area contributed by atoms with E-state index in [9.17, 15) is 9.59 Å². The molecule has 0 aliphatic carbocycles. The van der Waals surface area contributed by atoms with Crippen molar-refractivity contribution in [2.24, 2.45) is 0 Å². The smallest absolute Gasteiger partial charge is 0.338 e. The Morgan fingerprint density at radius 2 is 1.46 bits per heavy atom. The fourth-order valence-corrected chi connectivity index (χ4v) is 2.17. The van der Waals surface area contributed by atoms with Gasteiger partial charge in [-0.25, -0.2) is 4.79 Å². The van der Waals surface area contributed by atoms with Gasteiger partial charge in [-0.15, -0.1) is 0 Å². The lowest BCUT2D eigenvalue weighted by atomic mass is 10.1. The molecule has 0 bridgehead atoms. The Labute approximate surface area is 141 Å². The summed E-state index contributed by atoms with van der Waals surface area (Å²) in [6.07, 6.45) is -0.862. The second-order valence-electron chi connectivity index (χ2n) is 5.58. The lowest BCUT2D eigenvalue weighted by Crippen LogP contribution is -2.24. The lowest BCUT2D eigenvalue weighted by molar-refractivity contribution is 0.0319. The SMILES string of the molecule is COc1ccc(C(=O)[C@@H](C)OC(=O)c2ccc(N(C)C)cc2)cc1. The van der Waals surface area contributed by atoms with Crippen molar-refractivity contribution in [3.8, 4) is 5.75 Å². The van der Waals surface area contributed by atoms with Crippen molar-refractivity contribution in [1.29, 1.82) is 0 Å². The summed E-state index contributed by atoms with van der Waals surface area (Å²) >= 11 is 0. The van der Waals surface area contributed by atoms with Crippen LogP contribution in [0.3, 0.4) is 0 Å². The number of nitrogens with zero attached hydrogens (tertiary/aromatic N) is 1.